The molecule has 0 aliphatic carbocycles. The average Bonchev–Trinajstić information content (AvgIpc) is 2.49. The Morgan fingerprint density at radius 1 is 1.24 bits per heavy atom. The van der Waals surface area contributed by atoms with E-state index in [1.807, 2.05) is 0 Å². The molecule has 0 aliphatic rings. The van der Waals surface area contributed by atoms with E-state index < -0.39 is 5.97 Å². The van der Waals surface area contributed by atoms with Gasteiger partial charge in [0.1, 0.15) is 5.75 Å². The van der Waals surface area contributed by atoms with Gasteiger partial charge in [-0.05, 0) is 36.4 Å². The Balaban J connectivity index is 2.24. The minimum Gasteiger partial charge on any atom is -0.506 e. The van der Waals surface area contributed by atoms with Crippen LogP contribution in [-0.4, -0.2) is 24.4 Å². The summed E-state index contributed by atoms with van der Waals surface area (Å²) in [7, 11) is 1.32. The van der Waals surface area contributed by atoms with Crippen molar-refractivity contribution in [1.29, 1.82) is 0 Å². The van der Waals surface area contributed by atoms with Gasteiger partial charge >= 0.3 is 5.97 Å². The molecule has 2 aromatic rings. The number of aromatic hydroxyl groups is 1. The largest absolute Gasteiger partial charge is 0.506 e. The first kappa shape index (κ1) is 15.4. The second kappa shape index (κ2) is 6.61. The molecule has 0 heterocycles. The molecule has 0 fully saturated rings. The smallest absolute Gasteiger partial charge is 0.337 e. The maximum Gasteiger partial charge on any atom is 0.337 e. The lowest BCUT2D eigenvalue weighted by Gasteiger charge is -2.02. The van der Waals surface area contributed by atoms with Crippen molar-refractivity contribution >= 4 is 41.1 Å². The van der Waals surface area contributed by atoms with E-state index in [-0.39, 0.29) is 10.8 Å². The Kier molecular flexibility index (Phi) is 4.83. The van der Waals surface area contributed by atoms with Crippen LogP contribution in [0.4, 0.5) is 5.69 Å². The zero-order chi connectivity index (χ0) is 15.4. The third-order valence-corrected chi connectivity index (χ3v) is 3.21. The Morgan fingerprint density at radius 3 is 2.52 bits per heavy atom. The van der Waals surface area contributed by atoms with Crippen LogP contribution in [0.1, 0.15) is 15.9 Å². The first-order valence-electron chi connectivity index (χ1n) is 5.91. The van der Waals surface area contributed by atoms with Crippen molar-refractivity contribution in [3.63, 3.8) is 0 Å². The maximum atomic E-state index is 11.3. The Labute approximate surface area is 131 Å². The number of rotatable bonds is 3. The SMILES string of the molecule is COC(=O)c1ccc(N=Cc2cc(Cl)cc(Cl)c2O)cc1. The molecule has 6 heteroatoms. The first-order valence-corrected chi connectivity index (χ1v) is 6.67. The highest BCUT2D eigenvalue weighted by atomic mass is 35.5. The highest BCUT2D eigenvalue weighted by molar-refractivity contribution is 6.36. The summed E-state index contributed by atoms with van der Waals surface area (Å²) in [6.07, 6.45) is 1.44. The second-order valence-corrected chi connectivity index (χ2v) is 4.97. The quantitative estimate of drug-likeness (QED) is 0.679. The number of halogens is 2. The maximum absolute atomic E-state index is 11.3. The predicted molar refractivity (Wildman–Crippen MR) is 83.2 cm³/mol. The highest BCUT2D eigenvalue weighted by Crippen LogP contribution is 2.30. The van der Waals surface area contributed by atoms with Gasteiger partial charge in [-0.25, -0.2) is 4.79 Å². The van der Waals surface area contributed by atoms with Crippen LogP contribution in [0.3, 0.4) is 0 Å². The molecule has 0 unspecified atom stereocenters. The van der Waals surface area contributed by atoms with E-state index in [2.05, 4.69) is 9.73 Å². The molecule has 0 amide bonds. The molecule has 1 N–H and O–H groups in total. The average molecular weight is 324 g/mol. The number of aliphatic imine (C=N–C) groups is 1. The van der Waals surface area contributed by atoms with Gasteiger partial charge in [0.15, 0.2) is 0 Å². The zero-order valence-electron chi connectivity index (χ0n) is 11.0. The van der Waals surface area contributed by atoms with Crippen LogP contribution in [0.5, 0.6) is 5.75 Å². The number of benzene rings is 2. The number of phenolic OH excluding ortho intramolecular Hbond substituents is 1. The molecule has 2 rings (SSSR count). The molecule has 4 nitrogen and oxygen atoms in total. The van der Waals surface area contributed by atoms with Gasteiger partial charge in [-0.15, -0.1) is 0 Å². The van der Waals surface area contributed by atoms with Gasteiger partial charge in [-0.2, -0.15) is 0 Å². The predicted octanol–water partition coefficient (Wildman–Crippen LogP) is 4.24. The van der Waals surface area contributed by atoms with Crippen LogP contribution < -0.4 is 0 Å². The Bertz CT molecular complexity index is 697. The van der Waals surface area contributed by atoms with Crippen LogP contribution >= 0.6 is 23.2 Å². The molecular weight excluding hydrogens is 313 g/mol. The summed E-state index contributed by atoms with van der Waals surface area (Å²) >= 11 is 11.7. The van der Waals surface area contributed by atoms with Crippen molar-refractivity contribution in [3.8, 4) is 5.75 Å². The fraction of sp³-hybridized carbons (Fsp3) is 0.0667. The van der Waals surface area contributed by atoms with Gasteiger partial charge in [-0.3, -0.25) is 4.99 Å². The van der Waals surface area contributed by atoms with Gasteiger partial charge < -0.3 is 9.84 Å². The van der Waals surface area contributed by atoms with Crippen molar-refractivity contribution in [2.24, 2.45) is 4.99 Å². The lowest BCUT2D eigenvalue weighted by atomic mass is 10.2. The van der Waals surface area contributed by atoms with Crippen LogP contribution in [-0.2, 0) is 4.74 Å². The lowest BCUT2D eigenvalue weighted by molar-refractivity contribution is 0.0601. The number of phenols is 1. The number of carbonyl (C=O) groups excluding carboxylic acids is 1. The number of nitrogens with zero attached hydrogens (tertiary/aromatic N) is 1. The topological polar surface area (TPSA) is 58.9 Å². The summed E-state index contributed by atoms with van der Waals surface area (Å²) in [5, 5.41) is 10.4. The molecule has 0 radical (unpaired) electrons. The summed E-state index contributed by atoms with van der Waals surface area (Å²) in [4.78, 5) is 15.5. The van der Waals surface area contributed by atoms with Crippen molar-refractivity contribution in [2.45, 2.75) is 0 Å². The highest BCUT2D eigenvalue weighted by Gasteiger charge is 2.06. The third kappa shape index (κ3) is 3.74. The number of esters is 1. The number of hydrogen-bond donors (Lipinski definition) is 1. The molecule has 0 spiro atoms. The van der Waals surface area contributed by atoms with Crippen LogP contribution in [0, 0.1) is 0 Å². The molecule has 0 aliphatic heterocycles. The summed E-state index contributed by atoms with van der Waals surface area (Å²) in [6, 6.07) is 9.51. The van der Waals surface area contributed by atoms with E-state index in [1.54, 1.807) is 30.3 Å². The normalized spacial score (nSPS) is 10.8. The minimum absolute atomic E-state index is 0.0870. The zero-order valence-corrected chi connectivity index (χ0v) is 12.5. The van der Waals surface area contributed by atoms with Gasteiger partial charge in [0.2, 0.25) is 0 Å². The second-order valence-electron chi connectivity index (χ2n) is 4.12. The molecule has 0 atom stereocenters. The van der Waals surface area contributed by atoms with E-state index in [1.165, 1.54) is 19.4 Å². The fourth-order valence-electron chi connectivity index (χ4n) is 1.63. The minimum atomic E-state index is -0.412. The van der Waals surface area contributed by atoms with E-state index >= 15 is 0 Å². The van der Waals surface area contributed by atoms with E-state index in [0.29, 0.717) is 21.8 Å². The number of hydrogen-bond acceptors (Lipinski definition) is 4. The standard InChI is InChI=1S/C15H11Cl2NO3/c1-21-15(20)9-2-4-12(5-3-9)18-8-10-6-11(16)7-13(17)14(10)19/h2-8,19H,1H3. The van der Waals surface area contributed by atoms with Gasteiger partial charge in [0.25, 0.3) is 0 Å². The molecule has 21 heavy (non-hydrogen) atoms. The first-order chi connectivity index (χ1) is 10.0. The Hall–Kier alpha value is -2.04. The molecular formula is C15H11Cl2NO3. The molecule has 0 saturated carbocycles. The van der Waals surface area contributed by atoms with E-state index in [4.69, 9.17) is 23.2 Å². The van der Waals surface area contributed by atoms with Gasteiger partial charge in [0, 0.05) is 16.8 Å². The van der Waals surface area contributed by atoms with Crippen LogP contribution in [0.2, 0.25) is 10.0 Å². The number of methoxy groups -OCH3 is 1. The van der Waals surface area contributed by atoms with Crippen LogP contribution in [0.15, 0.2) is 41.4 Å². The number of carbonyl (C=O) groups is 1. The van der Waals surface area contributed by atoms with Crippen molar-refractivity contribution in [1.82, 2.24) is 0 Å². The fourth-order valence-corrected chi connectivity index (χ4v) is 2.14. The van der Waals surface area contributed by atoms with Crippen molar-refractivity contribution < 1.29 is 14.6 Å². The summed E-state index contributed by atoms with van der Waals surface area (Å²) < 4.78 is 4.61. The third-order valence-electron chi connectivity index (χ3n) is 2.70. The molecule has 2 aromatic carbocycles. The summed E-state index contributed by atoms with van der Waals surface area (Å²) in [5.74, 6) is -0.499. The Morgan fingerprint density at radius 2 is 1.90 bits per heavy atom. The lowest BCUT2D eigenvalue weighted by Crippen LogP contribution is -1.99. The van der Waals surface area contributed by atoms with Gasteiger partial charge in [-0.1, -0.05) is 23.2 Å². The summed E-state index contributed by atoms with van der Waals surface area (Å²) in [6.45, 7) is 0. The van der Waals surface area contributed by atoms with Crippen molar-refractivity contribution in [2.75, 3.05) is 7.11 Å². The van der Waals surface area contributed by atoms with Crippen molar-refractivity contribution in [3.05, 3.63) is 57.6 Å². The molecule has 0 bridgehead atoms. The van der Waals surface area contributed by atoms with E-state index in [9.17, 15) is 9.90 Å². The molecule has 0 saturated heterocycles. The van der Waals surface area contributed by atoms with Gasteiger partial charge in [0.05, 0.1) is 23.4 Å². The monoisotopic (exact) mass is 323 g/mol. The van der Waals surface area contributed by atoms with E-state index in [0.717, 1.165) is 0 Å². The number of ether oxygens (including phenoxy) is 1. The molecule has 108 valence electrons. The molecule has 0 aromatic heterocycles. The van der Waals surface area contributed by atoms with Crippen LogP contribution in [0.25, 0.3) is 0 Å². The summed E-state index contributed by atoms with van der Waals surface area (Å²) in [5.41, 5.74) is 1.45.